The molecule has 31 heavy (non-hydrogen) atoms. The predicted molar refractivity (Wildman–Crippen MR) is 93.1 cm³/mol. The van der Waals surface area contributed by atoms with Crippen LogP contribution in [0, 0.1) is 11.7 Å². The number of halogens is 6. The van der Waals surface area contributed by atoms with Gasteiger partial charge < -0.3 is 14.0 Å². The van der Waals surface area contributed by atoms with Crippen molar-refractivity contribution in [1.82, 2.24) is 14.5 Å². The molecule has 1 atom stereocenters. The van der Waals surface area contributed by atoms with Crippen molar-refractivity contribution in [2.75, 3.05) is 18.4 Å². The molecule has 0 spiro atoms. The van der Waals surface area contributed by atoms with Crippen LogP contribution in [0.2, 0.25) is 0 Å². The highest BCUT2D eigenvalue weighted by molar-refractivity contribution is 7.92. The van der Waals surface area contributed by atoms with Gasteiger partial charge in [-0.3, -0.25) is 4.72 Å². The highest BCUT2D eigenvalue weighted by Gasteiger charge is 2.42. The maximum atomic E-state index is 14.1. The molecule has 8 nitrogen and oxygen atoms in total. The van der Waals surface area contributed by atoms with Crippen LogP contribution >= 0.6 is 0 Å². The quantitative estimate of drug-likeness (QED) is 0.620. The number of pyridine rings is 1. The van der Waals surface area contributed by atoms with Crippen LogP contribution in [0.4, 0.5) is 32.0 Å². The normalized spacial score (nSPS) is 16.8. The molecule has 1 aliphatic rings. The first-order valence-electron chi connectivity index (χ1n) is 8.71. The van der Waals surface area contributed by atoms with Gasteiger partial charge in [0.05, 0.1) is 19.2 Å². The van der Waals surface area contributed by atoms with E-state index in [-0.39, 0.29) is 18.8 Å². The Bertz CT molecular complexity index is 1060. The molecule has 2 aromatic rings. The van der Waals surface area contributed by atoms with Gasteiger partial charge in [0.25, 0.3) is 22.3 Å². The van der Waals surface area contributed by atoms with Gasteiger partial charge in [0.15, 0.2) is 17.5 Å². The minimum absolute atomic E-state index is 0.0547. The van der Waals surface area contributed by atoms with Crippen molar-refractivity contribution in [2.45, 2.75) is 37.0 Å². The minimum Gasteiger partial charge on any atom is -0.479 e. The first kappa shape index (κ1) is 23.0. The molecule has 0 radical (unpaired) electrons. The van der Waals surface area contributed by atoms with E-state index in [1.807, 2.05) is 4.72 Å². The lowest BCUT2D eigenvalue weighted by molar-refractivity contribution is -0.179. The lowest BCUT2D eigenvalue weighted by Crippen LogP contribution is -2.32. The summed E-state index contributed by atoms with van der Waals surface area (Å²) in [6, 6.07) is 0.622. The SMILES string of the molecule is COc1nc(OCC(F)F)c(F)cc1NS(=O)(=O)c1cnc2n1CCC(C(F)(F)F)C2. The topological polar surface area (TPSA) is 95.3 Å². The maximum Gasteiger partial charge on any atom is 0.392 e. The van der Waals surface area contributed by atoms with E-state index in [1.54, 1.807) is 0 Å². The molecule has 0 fully saturated rings. The number of rotatable bonds is 7. The highest BCUT2D eigenvalue weighted by Crippen LogP contribution is 2.36. The van der Waals surface area contributed by atoms with E-state index in [0.717, 1.165) is 17.9 Å². The van der Waals surface area contributed by atoms with E-state index in [4.69, 9.17) is 4.74 Å². The minimum atomic E-state index is -4.43. The molecule has 0 aromatic carbocycles. The zero-order valence-electron chi connectivity index (χ0n) is 15.8. The summed E-state index contributed by atoms with van der Waals surface area (Å²) >= 11 is 0. The molecule has 15 heteroatoms. The van der Waals surface area contributed by atoms with Crippen LogP contribution in [0.25, 0.3) is 0 Å². The fraction of sp³-hybridized carbons (Fsp3) is 0.500. The Balaban J connectivity index is 1.87. The molecule has 3 heterocycles. The number of imidazole rings is 1. The molecule has 3 rings (SSSR count). The van der Waals surface area contributed by atoms with E-state index >= 15 is 0 Å². The van der Waals surface area contributed by atoms with Crippen molar-refractivity contribution >= 4 is 15.7 Å². The van der Waals surface area contributed by atoms with Gasteiger partial charge in [-0.2, -0.15) is 26.6 Å². The van der Waals surface area contributed by atoms with Crippen LogP contribution in [0.1, 0.15) is 12.2 Å². The fourth-order valence-electron chi connectivity index (χ4n) is 3.02. The number of nitrogens with zero attached hydrogens (tertiary/aromatic N) is 3. The summed E-state index contributed by atoms with van der Waals surface area (Å²) in [4.78, 5) is 7.30. The molecule has 0 bridgehead atoms. The molecule has 2 aromatic heterocycles. The zero-order valence-corrected chi connectivity index (χ0v) is 16.6. The number of methoxy groups -OCH3 is 1. The summed E-state index contributed by atoms with van der Waals surface area (Å²) in [5.74, 6) is -4.21. The molecule has 0 saturated carbocycles. The van der Waals surface area contributed by atoms with Crippen LogP contribution in [0.5, 0.6) is 11.8 Å². The van der Waals surface area contributed by atoms with Crippen LogP contribution in [0.3, 0.4) is 0 Å². The van der Waals surface area contributed by atoms with E-state index in [2.05, 4.69) is 14.7 Å². The van der Waals surface area contributed by atoms with Crippen molar-refractivity contribution in [1.29, 1.82) is 0 Å². The number of hydrogen-bond acceptors (Lipinski definition) is 6. The van der Waals surface area contributed by atoms with Crippen LogP contribution < -0.4 is 14.2 Å². The largest absolute Gasteiger partial charge is 0.479 e. The molecular weight excluding hydrogens is 458 g/mol. The van der Waals surface area contributed by atoms with Crippen LogP contribution in [0.15, 0.2) is 17.3 Å². The van der Waals surface area contributed by atoms with Gasteiger partial charge in [-0.05, 0) is 6.42 Å². The summed E-state index contributed by atoms with van der Waals surface area (Å²) < 4.78 is 115. The fourth-order valence-corrected chi connectivity index (χ4v) is 4.24. The molecule has 1 unspecified atom stereocenters. The second kappa shape index (κ2) is 8.43. The third kappa shape index (κ3) is 4.97. The number of anilines is 1. The standard InChI is InChI=1S/C16H16F6N4O4S/c1-29-15-10(5-9(17)14(24-15)30-7-11(18)19)25-31(27,28)13-6-23-12-4-8(16(20,21)22)2-3-26(12)13/h5-6,8,11,25H,2-4,7H2,1H3. The Morgan fingerprint density at radius 3 is 2.65 bits per heavy atom. The van der Waals surface area contributed by atoms with Gasteiger partial charge in [-0.1, -0.05) is 0 Å². The molecule has 0 amide bonds. The summed E-state index contributed by atoms with van der Waals surface area (Å²) in [5.41, 5.74) is -0.469. The second-order valence-electron chi connectivity index (χ2n) is 6.54. The van der Waals surface area contributed by atoms with E-state index in [9.17, 15) is 34.8 Å². The molecular formula is C16H16F6N4O4S. The van der Waals surface area contributed by atoms with Gasteiger partial charge in [0, 0.05) is 19.0 Å². The van der Waals surface area contributed by atoms with Crippen molar-refractivity contribution < 1.29 is 44.2 Å². The van der Waals surface area contributed by atoms with E-state index < -0.39 is 69.9 Å². The molecule has 1 aliphatic heterocycles. The molecule has 1 N–H and O–H groups in total. The first-order chi connectivity index (χ1) is 14.4. The maximum absolute atomic E-state index is 14.1. The Morgan fingerprint density at radius 1 is 1.32 bits per heavy atom. The van der Waals surface area contributed by atoms with Gasteiger partial charge in [0.2, 0.25) is 5.88 Å². The number of nitrogens with one attached hydrogen (secondary N) is 1. The summed E-state index contributed by atoms with van der Waals surface area (Å²) in [6.45, 7) is -1.38. The van der Waals surface area contributed by atoms with E-state index in [0.29, 0.717) is 6.07 Å². The number of hydrogen-bond donors (Lipinski definition) is 1. The summed E-state index contributed by atoms with van der Waals surface area (Å²) in [7, 11) is -3.35. The smallest absolute Gasteiger partial charge is 0.392 e. The second-order valence-corrected chi connectivity index (χ2v) is 8.16. The van der Waals surface area contributed by atoms with E-state index in [1.165, 1.54) is 0 Å². The van der Waals surface area contributed by atoms with Crippen molar-refractivity contribution in [3.8, 4) is 11.8 Å². The van der Waals surface area contributed by atoms with Crippen LogP contribution in [-0.4, -0.2) is 49.3 Å². The van der Waals surface area contributed by atoms with Gasteiger partial charge in [-0.25, -0.2) is 18.2 Å². The van der Waals surface area contributed by atoms with Crippen molar-refractivity contribution in [2.24, 2.45) is 5.92 Å². The summed E-state index contributed by atoms with van der Waals surface area (Å²) in [5, 5.41) is -0.427. The third-order valence-electron chi connectivity index (χ3n) is 4.46. The van der Waals surface area contributed by atoms with Crippen LogP contribution in [-0.2, 0) is 23.0 Å². The lowest BCUT2D eigenvalue weighted by atomic mass is 9.97. The lowest BCUT2D eigenvalue weighted by Gasteiger charge is -2.26. The number of sulfonamides is 1. The zero-order chi connectivity index (χ0) is 23.0. The Labute approximate surface area is 172 Å². The number of ether oxygens (including phenoxy) is 2. The molecule has 0 saturated heterocycles. The Hall–Kier alpha value is -2.71. The van der Waals surface area contributed by atoms with Crippen molar-refractivity contribution in [3.05, 3.63) is 23.9 Å². The van der Waals surface area contributed by atoms with Crippen molar-refractivity contribution in [3.63, 3.8) is 0 Å². The van der Waals surface area contributed by atoms with Gasteiger partial charge in [-0.15, -0.1) is 0 Å². The average molecular weight is 474 g/mol. The highest BCUT2D eigenvalue weighted by atomic mass is 32.2. The molecule has 172 valence electrons. The first-order valence-corrected chi connectivity index (χ1v) is 10.2. The number of alkyl halides is 5. The summed E-state index contributed by atoms with van der Waals surface area (Å²) in [6.07, 6.45) is -7.23. The average Bonchev–Trinajstić information content (AvgIpc) is 3.10. The van der Waals surface area contributed by atoms with Gasteiger partial charge >= 0.3 is 6.18 Å². The number of fused-ring (bicyclic) bond motifs is 1. The third-order valence-corrected chi connectivity index (χ3v) is 5.83. The Morgan fingerprint density at radius 2 is 2.03 bits per heavy atom. The predicted octanol–water partition coefficient (Wildman–Crippen LogP) is 3.00. The monoisotopic (exact) mass is 474 g/mol. The van der Waals surface area contributed by atoms with Gasteiger partial charge in [0.1, 0.15) is 11.5 Å². The Kier molecular flexibility index (Phi) is 6.25. The number of aromatic nitrogens is 3. The molecule has 0 aliphatic carbocycles.